The fourth-order valence-electron chi connectivity index (χ4n) is 3.98. The van der Waals surface area contributed by atoms with Crippen molar-refractivity contribution in [2.24, 2.45) is 11.3 Å². The van der Waals surface area contributed by atoms with Gasteiger partial charge >= 0.3 is 6.03 Å². The largest absolute Gasteiger partial charge is 0.396 e. The number of likely N-dealkylation sites (tertiary alicyclic amines) is 1. The summed E-state index contributed by atoms with van der Waals surface area (Å²) in [5.41, 5.74) is -0.164. The highest BCUT2D eigenvalue weighted by Gasteiger charge is 2.39. The van der Waals surface area contributed by atoms with E-state index in [1.807, 2.05) is 0 Å². The molecule has 4 unspecified atom stereocenters. The first kappa shape index (κ1) is 17.5. The fourth-order valence-corrected chi connectivity index (χ4v) is 3.98. The maximum atomic E-state index is 12.2. The van der Waals surface area contributed by atoms with Crippen LogP contribution >= 0.6 is 0 Å². The molecule has 4 atom stereocenters. The summed E-state index contributed by atoms with van der Waals surface area (Å²) in [7, 11) is 0. The molecule has 3 N–H and O–H groups in total. The van der Waals surface area contributed by atoms with Crippen LogP contribution in [0.1, 0.15) is 52.9 Å². The van der Waals surface area contributed by atoms with Crippen LogP contribution in [0.5, 0.6) is 0 Å². The minimum Gasteiger partial charge on any atom is -0.396 e. The molecule has 0 aromatic rings. The van der Waals surface area contributed by atoms with E-state index in [4.69, 9.17) is 0 Å². The van der Waals surface area contributed by atoms with Gasteiger partial charge in [-0.2, -0.15) is 0 Å². The van der Waals surface area contributed by atoms with Gasteiger partial charge in [0.1, 0.15) is 0 Å². The molecule has 0 spiro atoms. The lowest BCUT2D eigenvalue weighted by Crippen LogP contribution is -2.52. The highest BCUT2D eigenvalue weighted by Crippen LogP contribution is 2.37. The summed E-state index contributed by atoms with van der Waals surface area (Å²) in [5.74, 6) is 0.763. The summed E-state index contributed by atoms with van der Waals surface area (Å²) < 4.78 is 0. The van der Waals surface area contributed by atoms with Gasteiger partial charge < -0.3 is 20.6 Å². The number of aliphatic hydroxyl groups excluding tert-OH is 1. The van der Waals surface area contributed by atoms with E-state index in [-0.39, 0.29) is 30.1 Å². The number of aliphatic hydroxyl groups is 1. The van der Waals surface area contributed by atoms with E-state index in [1.165, 1.54) is 12.8 Å². The van der Waals surface area contributed by atoms with Crippen molar-refractivity contribution in [3.8, 4) is 0 Å². The lowest BCUT2D eigenvalue weighted by Gasteiger charge is -2.33. The average molecular weight is 311 g/mol. The second kappa shape index (κ2) is 7.64. The lowest BCUT2D eigenvalue weighted by atomic mass is 9.86. The Morgan fingerprint density at radius 2 is 2.18 bits per heavy atom. The Bertz CT molecular complexity index is 377. The first-order chi connectivity index (χ1) is 10.4. The summed E-state index contributed by atoms with van der Waals surface area (Å²) in [6, 6.07) is 0.135. The minimum absolute atomic E-state index is 0.0831. The number of urea groups is 1. The molecular weight excluding hydrogens is 278 g/mol. The van der Waals surface area contributed by atoms with Gasteiger partial charge in [0.15, 0.2) is 0 Å². The van der Waals surface area contributed by atoms with E-state index in [1.54, 1.807) is 0 Å². The Morgan fingerprint density at radius 3 is 2.86 bits per heavy atom. The molecule has 2 rings (SSSR count). The van der Waals surface area contributed by atoms with Crippen LogP contribution in [0.15, 0.2) is 0 Å². The molecule has 5 nitrogen and oxygen atoms in total. The molecule has 1 aliphatic carbocycles. The third-order valence-corrected chi connectivity index (χ3v) is 5.40. The normalized spacial score (nSPS) is 34.4. The number of carbonyl (C=O) groups is 1. The van der Waals surface area contributed by atoms with Gasteiger partial charge in [-0.15, -0.1) is 0 Å². The molecular formula is C17H33N3O2. The number of rotatable bonds is 5. The zero-order valence-corrected chi connectivity index (χ0v) is 14.4. The first-order valence-electron chi connectivity index (χ1n) is 8.83. The van der Waals surface area contributed by atoms with Crippen molar-refractivity contribution in [2.45, 2.75) is 65.0 Å². The molecule has 0 radical (unpaired) electrons. The van der Waals surface area contributed by atoms with Crippen LogP contribution in [0.3, 0.4) is 0 Å². The summed E-state index contributed by atoms with van der Waals surface area (Å²) in [6.07, 6.45) is 5.60. The SMILES string of the molecule is CC1CCCN(CC(C)NC(=O)NC2CCCC2(C)CO)C1. The van der Waals surface area contributed by atoms with E-state index >= 15 is 0 Å². The number of carbonyl (C=O) groups excluding carboxylic acids is 1. The maximum Gasteiger partial charge on any atom is 0.315 e. The molecule has 1 heterocycles. The summed E-state index contributed by atoms with van der Waals surface area (Å²) >= 11 is 0. The fraction of sp³-hybridized carbons (Fsp3) is 0.941. The van der Waals surface area contributed by atoms with E-state index in [9.17, 15) is 9.90 Å². The van der Waals surface area contributed by atoms with Crippen LogP contribution < -0.4 is 10.6 Å². The van der Waals surface area contributed by atoms with E-state index < -0.39 is 0 Å². The third-order valence-electron chi connectivity index (χ3n) is 5.40. The first-order valence-corrected chi connectivity index (χ1v) is 8.83. The van der Waals surface area contributed by atoms with Crippen LogP contribution in [0.25, 0.3) is 0 Å². The molecule has 2 fully saturated rings. The molecule has 0 bridgehead atoms. The second-order valence-corrected chi connectivity index (χ2v) is 7.78. The van der Waals surface area contributed by atoms with Gasteiger partial charge in [-0.3, -0.25) is 0 Å². The zero-order valence-electron chi connectivity index (χ0n) is 14.4. The molecule has 1 saturated carbocycles. The van der Waals surface area contributed by atoms with Crippen molar-refractivity contribution in [1.82, 2.24) is 15.5 Å². The molecule has 0 aromatic carbocycles. The van der Waals surface area contributed by atoms with Crippen molar-refractivity contribution in [3.05, 3.63) is 0 Å². The third kappa shape index (κ3) is 4.59. The monoisotopic (exact) mass is 311 g/mol. The number of hydrogen-bond acceptors (Lipinski definition) is 3. The molecule has 0 aromatic heterocycles. The van der Waals surface area contributed by atoms with Crippen LogP contribution in [0, 0.1) is 11.3 Å². The summed E-state index contributed by atoms with van der Waals surface area (Å²) in [6.45, 7) is 9.76. The van der Waals surface area contributed by atoms with Crippen LogP contribution in [0.4, 0.5) is 4.79 Å². The van der Waals surface area contributed by atoms with Gasteiger partial charge in [-0.25, -0.2) is 4.79 Å². The number of nitrogens with zero attached hydrogens (tertiary/aromatic N) is 1. The molecule has 1 saturated heterocycles. The zero-order chi connectivity index (χ0) is 16.2. The smallest absolute Gasteiger partial charge is 0.315 e. The number of piperidine rings is 1. The van der Waals surface area contributed by atoms with Crippen molar-refractivity contribution in [3.63, 3.8) is 0 Å². The van der Waals surface area contributed by atoms with Crippen molar-refractivity contribution in [2.75, 3.05) is 26.2 Å². The highest BCUT2D eigenvalue weighted by atomic mass is 16.3. The Kier molecular flexibility index (Phi) is 6.09. The van der Waals surface area contributed by atoms with Gasteiger partial charge in [-0.1, -0.05) is 20.3 Å². The standard InChI is InChI=1S/C17H33N3O2/c1-13-6-5-9-20(10-13)11-14(2)18-16(22)19-15-7-4-8-17(15,3)12-21/h13-15,21H,4-12H2,1-3H3,(H2,18,19,22). The lowest BCUT2D eigenvalue weighted by molar-refractivity contribution is 0.120. The number of amides is 2. The van der Waals surface area contributed by atoms with E-state index in [2.05, 4.69) is 36.3 Å². The van der Waals surface area contributed by atoms with Crippen molar-refractivity contribution < 1.29 is 9.90 Å². The predicted octanol–water partition coefficient (Wildman–Crippen LogP) is 1.96. The number of hydrogen-bond donors (Lipinski definition) is 3. The number of nitrogens with one attached hydrogen (secondary N) is 2. The summed E-state index contributed by atoms with van der Waals surface area (Å²) in [4.78, 5) is 14.6. The maximum absolute atomic E-state index is 12.2. The molecule has 128 valence electrons. The van der Waals surface area contributed by atoms with Gasteiger partial charge in [0.2, 0.25) is 0 Å². The Balaban J connectivity index is 1.74. The Hall–Kier alpha value is -0.810. The average Bonchev–Trinajstić information content (AvgIpc) is 2.80. The van der Waals surface area contributed by atoms with Gasteiger partial charge in [0, 0.05) is 30.6 Å². The van der Waals surface area contributed by atoms with Crippen molar-refractivity contribution in [1.29, 1.82) is 0 Å². The van der Waals surface area contributed by atoms with Crippen LogP contribution in [-0.4, -0.2) is 54.4 Å². The Labute approximate surface area is 134 Å². The van der Waals surface area contributed by atoms with E-state index in [0.29, 0.717) is 0 Å². The van der Waals surface area contributed by atoms with Gasteiger partial charge in [0.25, 0.3) is 0 Å². The summed E-state index contributed by atoms with van der Waals surface area (Å²) in [5, 5.41) is 15.7. The van der Waals surface area contributed by atoms with Gasteiger partial charge in [-0.05, 0) is 45.1 Å². The second-order valence-electron chi connectivity index (χ2n) is 7.78. The van der Waals surface area contributed by atoms with E-state index in [0.717, 1.165) is 44.8 Å². The van der Waals surface area contributed by atoms with Crippen LogP contribution in [0.2, 0.25) is 0 Å². The minimum atomic E-state index is -0.164. The molecule has 5 heteroatoms. The topological polar surface area (TPSA) is 64.6 Å². The molecule has 1 aliphatic heterocycles. The highest BCUT2D eigenvalue weighted by molar-refractivity contribution is 5.74. The van der Waals surface area contributed by atoms with Gasteiger partial charge in [0.05, 0.1) is 6.61 Å². The quantitative estimate of drug-likeness (QED) is 0.727. The van der Waals surface area contributed by atoms with Crippen LogP contribution in [-0.2, 0) is 0 Å². The Morgan fingerprint density at radius 1 is 1.41 bits per heavy atom. The van der Waals surface area contributed by atoms with Crippen molar-refractivity contribution >= 4 is 6.03 Å². The molecule has 2 aliphatic rings. The predicted molar refractivity (Wildman–Crippen MR) is 88.8 cm³/mol. The molecule has 2 amide bonds. The molecule has 22 heavy (non-hydrogen) atoms.